The van der Waals surface area contributed by atoms with Crippen LogP contribution in [0.2, 0.25) is 0 Å². The van der Waals surface area contributed by atoms with Crippen LogP contribution >= 0.6 is 46.0 Å². The summed E-state index contributed by atoms with van der Waals surface area (Å²) in [5, 5.41) is 0. The molecule has 1 aromatic carbocycles. The molecule has 0 spiro atoms. The number of hydrogen-bond donors (Lipinski definition) is 0. The zero-order valence-electron chi connectivity index (χ0n) is 10.8. The standard InChI is InChI=1S/C14H16ClIN2S/c1-19-14(5-2-6-14)9-18-12-4-3-10(16)7-11(12)17-13(18)8-15/h3-4,7H,2,5-6,8-9H2,1H3. The number of rotatable bonds is 4. The number of alkyl halides is 1. The second kappa shape index (κ2) is 5.45. The summed E-state index contributed by atoms with van der Waals surface area (Å²) < 4.78 is 3.95. The maximum Gasteiger partial charge on any atom is 0.124 e. The number of thioether (sulfide) groups is 1. The summed E-state index contributed by atoms with van der Waals surface area (Å²) >= 11 is 10.4. The van der Waals surface area contributed by atoms with Crippen molar-refractivity contribution in [3.05, 3.63) is 27.6 Å². The van der Waals surface area contributed by atoms with Crippen molar-refractivity contribution in [1.29, 1.82) is 0 Å². The number of benzene rings is 1. The van der Waals surface area contributed by atoms with E-state index in [1.165, 1.54) is 28.3 Å². The molecule has 0 unspecified atom stereocenters. The summed E-state index contributed by atoms with van der Waals surface area (Å²) in [4.78, 5) is 4.69. The highest BCUT2D eigenvalue weighted by Crippen LogP contribution is 2.44. The van der Waals surface area contributed by atoms with E-state index in [4.69, 9.17) is 11.6 Å². The van der Waals surface area contributed by atoms with Gasteiger partial charge in [0.1, 0.15) is 5.82 Å². The molecular formula is C14H16ClIN2S. The minimum Gasteiger partial charge on any atom is -0.326 e. The molecule has 0 bridgehead atoms. The monoisotopic (exact) mass is 406 g/mol. The van der Waals surface area contributed by atoms with Crippen molar-refractivity contribution in [2.45, 2.75) is 36.4 Å². The predicted octanol–water partition coefficient (Wildman–Crippen LogP) is 4.67. The van der Waals surface area contributed by atoms with E-state index in [1.807, 2.05) is 11.8 Å². The molecule has 2 nitrogen and oxygen atoms in total. The van der Waals surface area contributed by atoms with Crippen molar-refractivity contribution >= 4 is 57.0 Å². The fourth-order valence-electron chi connectivity index (χ4n) is 2.72. The van der Waals surface area contributed by atoms with Gasteiger partial charge in [0, 0.05) is 14.9 Å². The van der Waals surface area contributed by atoms with Crippen molar-refractivity contribution in [2.24, 2.45) is 0 Å². The van der Waals surface area contributed by atoms with Gasteiger partial charge in [0.25, 0.3) is 0 Å². The SMILES string of the molecule is CSC1(Cn2c(CCl)nc3cc(I)ccc32)CCC1. The third kappa shape index (κ3) is 2.51. The molecule has 19 heavy (non-hydrogen) atoms. The van der Waals surface area contributed by atoms with Crippen molar-refractivity contribution in [3.63, 3.8) is 0 Å². The van der Waals surface area contributed by atoms with E-state index < -0.39 is 0 Å². The van der Waals surface area contributed by atoms with E-state index in [9.17, 15) is 0 Å². The highest BCUT2D eigenvalue weighted by Gasteiger charge is 2.37. The summed E-state index contributed by atoms with van der Waals surface area (Å²) in [6.45, 7) is 1.04. The Kier molecular flexibility index (Phi) is 4.02. The lowest BCUT2D eigenvalue weighted by Gasteiger charge is -2.41. The van der Waals surface area contributed by atoms with Crippen LogP contribution in [0.5, 0.6) is 0 Å². The van der Waals surface area contributed by atoms with E-state index in [0.717, 1.165) is 17.9 Å². The Hall–Kier alpha value is 0.0600. The lowest BCUT2D eigenvalue weighted by atomic mass is 9.84. The van der Waals surface area contributed by atoms with Gasteiger partial charge in [0.2, 0.25) is 0 Å². The number of nitrogens with zero attached hydrogens (tertiary/aromatic N) is 2. The van der Waals surface area contributed by atoms with Crippen molar-refractivity contribution in [3.8, 4) is 0 Å². The molecule has 1 aliphatic rings. The number of hydrogen-bond acceptors (Lipinski definition) is 2. The predicted molar refractivity (Wildman–Crippen MR) is 92.1 cm³/mol. The van der Waals surface area contributed by atoms with Crippen LogP contribution in [0.3, 0.4) is 0 Å². The van der Waals surface area contributed by atoms with E-state index in [0.29, 0.717) is 10.6 Å². The Labute approximate surface area is 136 Å². The summed E-state index contributed by atoms with van der Waals surface area (Å²) in [6, 6.07) is 6.45. The smallest absolute Gasteiger partial charge is 0.124 e. The summed E-state index contributed by atoms with van der Waals surface area (Å²) in [5.41, 5.74) is 2.29. The molecule has 0 amide bonds. The second-order valence-corrected chi connectivity index (χ2v) is 7.91. The molecule has 102 valence electrons. The van der Waals surface area contributed by atoms with Gasteiger partial charge in [0.15, 0.2) is 0 Å². The number of imidazole rings is 1. The zero-order chi connectivity index (χ0) is 13.5. The number of halogens is 2. The summed E-state index contributed by atoms with van der Waals surface area (Å²) in [7, 11) is 0. The normalized spacial score (nSPS) is 17.6. The van der Waals surface area contributed by atoms with Crippen LogP contribution in [0.15, 0.2) is 18.2 Å². The van der Waals surface area contributed by atoms with Gasteiger partial charge in [-0.05, 0) is 59.9 Å². The van der Waals surface area contributed by atoms with Crippen molar-refractivity contribution in [2.75, 3.05) is 6.26 Å². The average Bonchev–Trinajstić information content (AvgIpc) is 2.70. The highest BCUT2D eigenvalue weighted by molar-refractivity contribution is 14.1. The largest absolute Gasteiger partial charge is 0.326 e. The van der Waals surface area contributed by atoms with Crippen LogP contribution in [0.4, 0.5) is 0 Å². The Morgan fingerprint density at radius 3 is 2.84 bits per heavy atom. The van der Waals surface area contributed by atoms with Crippen LogP contribution in [0.25, 0.3) is 11.0 Å². The number of fused-ring (bicyclic) bond motifs is 1. The molecule has 0 atom stereocenters. The summed E-state index contributed by atoms with van der Waals surface area (Å²) in [5.74, 6) is 1.48. The Morgan fingerprint density at radius 2 is 2.26 bits per heavy atom. The molecule has 0 saturated heterocycles. The molecule has 1 heterocycles. The Bertz CT molecular complexity index is 601. The molecule has 0 N–H and O–H groups in total. The maximum absolute atomic E-state index is 6.08. The van der Waals surface area contributed by atoms with Gasteiger partial charge in [-0.25, -0.2) is 4.98 Å². The van der Waals surface area contributed by atoms with Crippen LogP contribution in [0, 0.1) is 3.57 Å². The van der Waals surface area contributed by atoms with Gasteiger partial charge in [-0.1, -0.05) is 6.42 Å². The molecule has 2 aromatic rings. The van der Waals surface area contributed by atoms with Gasteiger partial charge < -0.3 is 4.57 Å². The fraction of sp³-hybridized carbons (Fsp3) is 0.500. The molecule has 0 radical (unpaired) electrons. The third-order valence-electron chi connectivity index (χ3n) is 4.05. The Balaban J connectivity index is 2.05. The first-order chi connectivity index (χ1) is 9.17. The molecular weight excluding hydrogens is 391 g/mol. The maximum atomic E-state index is 6.08. The quantitative estimate of drug-likeness (QED) is 0.542. The van der Waals surface area contributed by atoms with Gasteiger partial charge in [0.05, 0.1) is 16.9 Å². The molecule has 1 fully saturated rings. The van der Waals surface area contributed by atoms with Gasteiger partial charge in [-0.3, -0.25) is 0 Å². The first-order valence-electron chi connectivity index (χ1n) is 6.43. The lowest BCUT2D eigenvalue weighted by molar-refractivity contribution is 0.322. The van der Waals surface area contributed by atoms with E-state index >= 15 is 0 Å². The second-order valence-electron chi connectivity index (χ2n) is 5.12. The molecule has 5 heteroatoms. The fourth-order valence-corrected chi connectivity index (χ4v) is 4.35. The topological polar surface area (TPSA) is 17.8 Å². The molecule has 1 aliphatic carbocycles. The van der Waals surface area contributed by atoms with Crippen LogP contribution in [-0.2, 0) is 12.4 Å². The van der Waals surface area contributed by atoms with Crippen LogP contribution in [-0.4, -0.2) is 20.6 Å². The third-order valence-corrected chi connectivity index (χ3v) is 6.37. The average molecular weight is 407 g/mol. The van der Waals surface area contributed by atoms with E-state index in [1.54, 1.807) is 0 Å². The van der Waals surface area contributed by atoms with E-state index in [2.05, 4.69) is 56.6 Å². The van der Waals surface area contributed by atoms with Crippen LogP contribution < -0.4 is 0 Å². The van der Waals surface area contributed by atoms with Crippen molar-refractivity contribution < 1.29 is 0 Å². The van der Waals surface area contributed by atoms with Gasteiger partial charge in [-0.15, -0.1) is 11.6 Å². The molecule has 3 rings (SSSR count). The Morgan fingerprint density at radius 1 is 1.47 bits per heavy atom. The van der Waals surface area contributed by atoms with Gasteiger partial charge in [-0.2, -0.15) is 11.8 Å². The minimum absolute atomic E-state index is 0.400. The summed E-state index contributed by atoms with van der Waals surface area (Å²) in [6.07, 6.45) is 6.18. The highest BCUT2D eigenvalue weighted by atomic mass is 127. The first kappa shape index (κ1) is 14.0. The zero-order valence-corrected chi connectivity index (χ0v) is 14.6. The first-order valence-corrected chi connectivity index (χ1v) is 9.27. The number of aromatic nitrogens is 2. The molecule has 1 aromatic heterocycles. The molecule has 0 aliphatic heterocycles. The van der Waals surface area contributed by atoms with Gasteiger partial charge >= 0.3 is 0 Å². The molecule has 1 saturated carbocycles. The van der Waals surface area contributed by atoms with Crippen molar-refractivity contribution in [1.82, 2.24) is 9.55 Å². The van der Waals surface area contributed by atoms with E-state index in [-0.39, 0.29) is 0 Å². The lowest BCUT2D eigenvalue weighted by Crippen LogP contribution is -2.38. The minimum atomic E-state index is 0.400. The van der Waals surface area contributed by atoms with Crippen LogP contribution in [0.1, 0.15) is 25.1 Å².